The van der Waals surface area contributed by atoms with Crippen LogP contribution in [0.3, 0.4) is 0 Å². The molecule has 2 aliphatic rings. The van der Waals surface area contributed by atoms with E-state index in [1.807, 2.05) is 24.3 Å². The number of aliphatic hydroxyl groups is 1. The Hall–Kier alpha value is -1.97. The monoisotopic (exact) mass is 259 g/mol. The zero-order valence-corrected chi connectivity index (χ0v) is 11.1. The molecule has 1 aromatic rings. The maximum atomic E-state index is 12.0. The van der Waals surface area contributed by atoms with E-state index in [4.69, 9.17) is 4.74 Å². The predicted molar refractivity (Wildman–Crippen MR) is 71.6 cm³/mol. The van der Waals surface area contributed by atoms with Crippen molar-refractivity contribution < 1.29 is 14.6 Å². The number of aliphatic hydroxyl groups excluding tert-OH is 1. The lowest BCUT2D eigenvalue weighted by atomic mass is 9.96. The summed E-state index contributed by atoms with van der Waals surface area (Å²) in [5.41, 5.74) is 0.580. The van der Waals surface area contributed by atoms with E-state index < -0.39 is 5.60 Å². The van der Waals surface area contributed by atoms with Gasteiger partial charge in [-0.2, -0.15) is 0 Å². The third-order valence-electron chi connectivity index (χ3n) is 3.65. The summed E-state index contributed by atoms with van der Waals surface area (Å²) in [4.78, 5) is 13.7. The van der Waals surface area contributed by atoms with Crippen LogP contribution in [-0.4, -0.2) is 28.1 Å². The normalized spacial score (nSPS) is 21.4. The highest BCUT2D eigenvalue weighted by atomic mass is 16.5. The third kappa shape index (κ3) is 1.79. The molecule has 2 heterocycles. The number of hydrogen-bond acceptors (Lipinski definition) is 3. The number of carbonyl (C=O) groups is 1. The molecule has 0 aliphatic carbocycles. The van der Waals surface area contributed by atoms with Crippen molar-refractivity contribution in [1.82, 2.24) is 4.90 Å². The molecule has 0 saturated carbocycles. The van der Waals surface area contributed by atoms with E-state index in [1.54, 1.807) is 18.7 Å². The predicted octanol–water partition coefficient (Wildman–Crippen LogP) is 2.71. The first kappa shape index (κ1) is 12.1. The SMILES string of the molecule is CC1(C)Oc2ccccc2C(N2CCCC2=O)=C1O. The summed E-state index contributed by atoms with van der Waals surface area (Å²) in [5, 5.41) is 10.5. The number of rotatable bonds is 1. The molecule has 100 valence electrons. The number of hydrogen-bond donors (Lipinski definition) is 1. The van der Waals surface area contributed by atoms with Crippen molar-refractivity contribution in [3.63, 3.8) is 0 Å². The number of likely N-dealkylation sites (tertiary alicyclic amines) is 1. The highest BCUT2D eigenvalue weighted by Crippen LogP contribution is 2.42. The summed E-state index contributed by atoms with van der Waals surface area (Å²) in [6, 6.07) is 7.51. The van der Waals surface area contributed by atoms with Crippen LogP contribution < -0.4 is 4.74 Å². The zero-order chi connectivity index (χ0) is 13.6. The Morgan fingerprint density at radius 3 is 2.74 bits per heavy atom. The topological polar surface area (TPSA) is 49.8 Å². The standard InChI is InChI=1S/C15H17NO3/c1-15(2)14(18)13(16-9-5-8-12(16)17)10-6-3-4-7-11(10)19-15/h3-4,6-7,18H,5,8-9H2,1-2H3. The van der Waals surface area contributed by atoms with Gasteiger partial charge in [0.15, 0.2) is 11.4 Å². The molecule has 0 aromatic heterocycles. The van der Waals surface area contributed by atoms with Crippen LogP contribution in [0.25, 0.3) is 5.70 Å². The smallest absolute Gasteiger partial charge is 0.227 e. The Bertz CT molecular complexity index is 575. The number of benzene rings is 1. The summed E-state index contributed by atoms with van der Waals surface area (Å²) in [6.45, 7) is 4.26. The van der Waals surface area contributed by atoms with Gasteiger partial charge in [0.2, 0.25) is 5.91 Å². The quantitative estimate of drug-likeness (QED) is 0.843. The lowest BCUT2D eigenvalue weighted by Gasteiger charge is -2.36. The molecule has 3 rings (SSSR count). The van der Waals surface area contributed by atoms with Crippen LogP contribution in [0.15, 0.2) is 30.0 Å². The van der Waals surface area contributed by atoms with Gasteiger partial charge in [-0.15, -0.1) is 0 Å². The Kier molecular flexibility index (Phi) is 2.55. The van der Waals surface area contributed by atoms with E-state index in [0.717, 1.165) is 12.0 Å². The molecular weight excluding hydrogens is 242 g/mol. The molecule has 1 amide bonds. The average Bonchev–Trinajstić information content (AvgIpc) is 2.77. The Labute approximate surface area is 112 Å². The highest BCUT2D eigenvalue weighted by Gasteiger charge is 2.39. The van der Waals surface area contributed by atoms with Gasteiger partial charge in [-0.1, -0.05) is 12.1 Å². The summed E-state index contributed by atoms with van der Waals surface area (Å²) in [6.07, 6.45) is 1.37. The third-order valence-corrected chi connectivity index (χ3v) is 3.65. The first-order chi connectivity index (χ1) is 9.00. The fraction of sp³-hybridized carbons (Fsp3) is 0.400. The second-order valence-corrected chi connectivity index (χ2v) is 5.45. The van der Waals surface area contributed by atoms with Crippen molar-refractivity contribution in [2.45, 2.75) is 32.3 Å². The fourth-order valence-electron chi connectivity index (χ4n) is 2.64. The molecule has 0 spiro atoms. The number of carbonyl (C=O) groups excluding carboxylic acids is 1. The summed E-state index contributed by atoms with van der Waals surface area (Å²) < 4.78 is 5.81. The van der Waals surface area contributed by atoms with Crippen molar-refractivity contribution in [2.75, 3.05) is 6.54 Å². The molecule has 1 N–H and O–H groups in total. The van der Waals surface area contributed by atoms with E-state index >= 15 is 0 Å². The first-order valence-electron chi connectivity index (χ1n) is 6.53. The summed E-state index contributed by atoms with van der Waals surface area (Å²) >= 11 is 0. The van der Waals surface area contributed by atoms with E-state index in [9.17, 15) is 9.90 Å². The van der Waals surface area contributed by atoms with Crippen LogP contribution in [0.5, 0.6) is 5.75 Å². The van der Waals surface area contributed by atoms with Gasteiger partial charge in [-0.05, 0) is 32.4 Å². The van der Waals surface area contributed by atoms with Crippen LogP contribution in [0.2, 0.25) is 0 Å². The number of para-hydroxylation sites is 1. The largest absolute Gasteiger partial charge is 0.506 e. The first-order valence-corrected chi connectivity index (χ1v) is 6.53. The van der Waals surface area contributed by atoms with Gasteiger partial charge in [-0.3, -0.25) is 4.79 Å². The zero-order valence-electron chi connectivity index (χ0n) is 11.1. The van der Waals surface area contributed by atoms with Gasteiger partial charge in [0.1, 0.15) is 5.75 Å². The van der Waals surface area contributed by atoms with E-state index in [2.05, 4.69) is 0 Å². The van der Waals surface area contributed by atoms with Crippen LogP contribution in [0, 0.1) is 0 Å². The number of ether oxygens (including phenoxy) is 1. The Balaban J connectivity index is 2.19. The van der Waals surface area contributed by atoms with Crippen molar-refractivity contribution >= 4 is 11.6 Å². The minimum Gasteiger partial charge on any atom is -0.506 e. The minimum atomic E-state index is -0.813. The average molecular weight is 259 g/mol. The molecular formula is C15H17NO3. The summed E-state index contributed by atoms with van der Waals surface area (Å²) in [5.74, 6) is 0.899. The molecule has 1 saturated heterocycles. The lowest BCUT2D eigenvalue weighted by molar-refractivity contribution is -0.125. The van der Waals surface area contributed by atoms with Crippen molar-refractivity contribution in [1.29, 1.82) is 0 Å². The van der Waals surface area contributed by atoms with Crippen LogP contribution in [0.4, 0.5) is 0 Å². The second-order valence-electron chi connectivity index (χ2n) is 5.45. The van der Waals surface area contributed by atoms with Gasteiger partial charge in [0.05, 0.1) is 5.70 Å². The molecule has 4 nitrogen and oxygen atoms in total. The van der Waals surface area contributed by atoms with Gasteiger partial charge in [0.25, 0.3) is 0 Å². The Morgan fingerprint density at radius 1 is 1.32 bits per heavy atom. The maximum Gasteiger partial charge on any atom is 0.227 e. The second kappa shape index (κ2) is 4.02. The number of fused-ring (bicyclic) bond motifs is 1. The number of amides is 1. The Morgan fingerprint density at radius 2 is 2.05 bits per heavy atom. The van der Waals surface area contributed by atoms with Crippen LogP contribution in [-0.2, 0) is 4.79 Å². The van der Waals surface area contributed by atoms with Crippen molar-refractivity contribution in [3.05, 3.63) is 35.6 Å². The van der Waals surface area contributed by atoms with Crippen LogP contribution in [0.1, 0.15) is 32.3 Å². The molecule has 4 heteroatoms. The minimum absolute atomic E-state index is 0.0639. The lowest BCUT2D eigenvalue weighted by Crippen LogP contribution is -2.38. The van der Waals surface area contributed by atoms with Gasteiger partial charge >= 0.3 is 0 Å². The van der Waals surface area contributed by atoms with E-state index in [-0.39, 0.29) is 11.7 Å². The molecule has 1 aromatic carbocycles. The van der Waals surface area contributed by atoms with Crippen molar-refractivity contribution in [3.8, 4) is 5.75 Å². The molecule has 1 fully saturated rings. The van der Waals surface area contributed by atoms with E-state index in [1.165, 1.54) is 0 Å². The fourth-order valence-corrected chi connectivity index (χ4v) is 2.64. The molecule has 19 heavy (non-hydrogen) atoms. The molecule has 0 unspecified atom stereocenters. The van der Waals surface area contributed by atoms with Crippen LogP contribution >= 0.6 is 0 Å². The summed E-state index contributed by atoms with van der Waals surface area (Å²) in [7, 11) is 0. The van der Waals surface area contributed by atoms with Gasteiger partial charge in [-0.25, -0.2) is 0 Å². The number of nitrogens with zero attached hydrogens (tertiary/aromatic N) is 1. The van der Waals surface area contributed by atoms with Gasteiger partial charge in [0, 0.05) is 18.5 Å². The molecule has 0 atom stereocenters. The van der Waals surface area contributed by atoms with E-state index in [0.29, 0.717) is 24.4 Å². The molecule has 0 radical (unpaired) electrons. The molecule has 2 aliphatic heterocycles. The maximum absolute atomic E-state index is 12.0. The molecule has 0 bridgehead atoms. The van der Waals surface area contributed by atoms with Gasteiger partial charge < -0.3 is 14.7 Å². The van der Waals surface area contributed by atoms with Crippen molar-refractivity contribution in [2.24, 2.45) is 0 Å². The highest BCUT2D eigenvalue weighted by molar-refractivity contribution is 5.90.